The van der Waals surface area contributed by atoms with Crippen LogP contribution in [0.2, 0.25) is 0 Å². The van der Waals surface area contributed by atoms with Crippen molar-refractivity contribution in [1.29, 1.82) is 0 Å². The van der Waals surface area contributed by atoms with Crippen LogP contribution in [0, 0.1) is 10.1 Å². The number of nitrogens with zero attached hydrogens (tertiary/aromatic N) is 2. The highest BCUT2D eigenvalue weighted by Gasteiger charge is 2.30. The minimum absolute atomic E-state index is 0.0322. The molecule has 2 rings (SSSR count). The largest absolute Gasteiger partial charge is 0.379 e. The average molecular weight is 302 g/mol. The first-order valence-corrected chi connectivity index (χ1v) is 5.95. The predicted molar refractivity (Wildman–Crippen MR) is 66.1 cm³/mol. The topological polar surface area (TPSA) is 77.3 Å². The number of hydrogen-bond acceptors (Lipinski definition) is 5. The van der Waals surface area contributed by atoms with E-state index in [1.165, 1.54) is 12.3 Å². The Morgan fingerprint density at radius 3 is 3.00 bits per heavy atom. The highest BCUT2D eigenvalue weighted by Crippen LogP contribution is 2.29. The van der Waals surface area contributed by atoms with Crippen molar-refractivity contribution in [3.63, 3.8) is 0 Å². The summed E-state index contributed by atoms with van der Waals surface area (Å²) in [6, 6.07) is 1.44. The number of nitro groups is 1. The van der Waals surface area contributed by atoms with Gasteiger partial charge in [-0.1, -0.05) is 0 Å². The zero-order chi connectivity index (χ0) is 12.5. The van der Waals surface area contributed by atoms with E-state index in [9.17, 15) is 10.1 Å². The Morgan fingerprint density at radius 1 is 1.71 bits per heavy atom. The fraction of sp³-hybridized carbons (Fsp3) is 0.500. The molecule has 0 aromatic carbocycles. The van der Waals surface area contributed by atoms with Gasteiger partial charge in [0.05, 0.1) is 21.5 Å². The lowest BCUT2D eigenvalue weighted by Crippen LogP contribution is -2.35. The summed E-state index contributed by atoms with van der Waals surface area (Å²) in [6.45, 7) is 3.36. The third-order valence-corrected chi connectivity index (χ3v) is 3.28. The molecule has 1 fully saturated rings. The van der Waals surface area contributed by atoms with Crippen LogP contribution >= 0.6 is 15.9 Å². The standard InChI is InChI=1S/C10H12BrN3O3/c1-10(2-3-17-6-10)13-9-8(11)4-7(5-12-9)14(15)16/h4-5H,2-3,6H2,1H3,(H,12,13). The molecule has 92 valence electrons. The number of ether oxygens (including phenoxy) is 1. The Hall–Kier alpha value is -1.21. The van der Waals surface area contributed by atoms with Crippen molar-refractivity contribution in [3.8, 4) is 0 Å². The molecule has 17 heavy (non-hydrogen) atoms. The Kier molecular flexibility index (Phi) is 3.30. The van der Waals surface area contributed by atoms with Crippen molar-refractivity contribution in [3.05, 3.63) is 26.9 Å². The first-order valence-electron chi connectivity index (χ1n) is 5.16. The van der Waals surface area contributed by atoms with Crippen molar-refractivity contribution in [2.45, 2.75) is 18.9 Å². The van der Waals surface area contributed by atoms with Crippen molar-refractivity contribution in [2.24, 2.45) is 0 Å². The first-order chi connectivity index (χ1) is 8.00. The van der Waals surface area contributed by atoms with Gasteiger partial charge in [0, 0.05) is 12.7 Å². The smallest absolute Gasteiger partial charge is 0.288 e. The Bertz CT molecular complexity index is 446. The molecule has 1 aromatic heterocycles. The molecule has 2 heterocycles. The van der Waals surface area contributed by atoms with Crippen LogP contribution in [0.1, 0.15) is 13.3 Å². The van der Waals surface area contributed by atoms with Gasteiger partial charge >= 0.3 is 0 Å². The second-order valence-electron chi connectivity index (χ2n) is 4.27. The van der Waals surface area contributed by atoms with E-state index in [0.29, 0.717) is 23.5 Å². The number of aromatic nitrogens is 1. The molecule has 1 aliphatic rings. The molecular weight excluding hydrogens is 290 g/mol. The van der Waals surface area contributed by atoms with Gasteiger partial charge in [-0.3, -0.25) is 10.1 Å². The molecular formula is C10H12BrN3O3. The number of anilines is 1. The molecule has 7 heteroatoms. The summed E-state index contributed by atoms with van der Waals surface area (Å²) in [4.78, 5) is 14.2. The monoisotopic (exact) mass is 301 g/mol. The summed E-state index contributed by atoms with van der Waals surface area (Å²) in [6.07, 6.45) is 2.13. The zero-order valence-corrected chi connectivity index (χ0v) is 10.9. The minimum Gasteiger partial charge on any atom is -0.379 e. The maximum atomic E-state index is 10.6. The van der Waals surface area contributed by atoms with Crippen molar-refractivity contribution in [1.82, 2.24) is 4.98 Å². The van der Waals surface area contributed by atoms with Gasteiger partial charge in [0.25, 0.3) is 5.69 Å². The van der Waals surface area contributed by atoms with E-state index in [1.807, 2.05) is 6.92 Å². The van der Waals surface area contributed by atoms with E-state index in [-0.39, 0.29) is 11.2 Å². The lowest BCUT2D eigenvalue weighted by atomic mass is 10.0. The van der Waals surface area contributed by atoms with Crippen molar-refractivity contribution in [2.75, 3.05) is 18.5 Å². The van der Waals surface area contributed by atoms with Crippen LogP contribution in [0.4, 0.5) is 11.5 Å². The molecule has 0 spiro atoms. The molecule has 6 nitrogen and oxygen atoms in total. The molecule has 0 saturated carbocycles. The fourth-order valence-corrected chi connectivity index (χ4v) is 2.11. The van der Waals surface area contributed by atoms with Gasteiger partial charge in [0.2, 0.25) is 0 Å². The van der Waals surface area contributed by atoms with Gasteiger partial charge in [0.15, 0.2) is 0 Å². The number of nitrogens with one attached hydrogen (secondary N) is 1. The Balaban J connectivity index is 2.19. The van der Waals surface area contributed by atoms with Gasteiger partial charge in [-0.05, 0) is 29.3 Å². The Morgan fingerprint density at radius 2 is 2.47 bits per heavy atom. The predicted octanol–water partition coefficient (Wildman–Crippen LogP) is 2.34. The maximum absolute atomic E-state index is 10.6. The number of hydrogen-bond donors (Lipinski definition) is 1. The second-order valence-corrected chi connectivity index (χ2v) is 5.12. The number of rotatable bonds is 3. The minimum atomic E-state index is -0.470. The van der Waals surface area contributed by atoms with Crippen molar-refractivity contribution >= 4 is 27.4 Å². The molecule has 1 unspecified atom stereocenters. The summed E-state index contributed by atoms with van der Waals surface area (Å²) in [5.74, 6) is 0.601. The molecule has 0 radical (unpaired) electrons. The third-order valence-electron chi connectivity index (χ3n) is 2.68. The van der Waals surface area contributed by atoms with Gasteiger partial charge in [-0.2, -0.15) is 0 Å². The van der Waals surface area contributed by atoms with Crippen LogP contribution in [0.5, 0.6) is 0 Å². The third kappa shape index (κ3) is 2.73. The molecule has 1 aliphatic heterocycles. The summed E-state index contributed by atoms with van der Waals surface area (Å²) in [7, 11) is 0. The lowest BCUT2D eigenvalue weighted by Gasteiger charge is -2.24. The summed E-state index contributed by atoms with van der Waals surface area (Å²) in [5.41, 5.74) is -0.193. The highest BCUT2D eigenvalue weighted by atomic mass is 79.9. The molecule has 0 bridgehead atoms. The van der Waals surface area contributed by atoms with Crippen LogP contribution in [0.3, 0.4) is 0 Å². The first kappa shape index (κ1) is 12.3. The maximum Gasteiger partial charge on any atom is 0.288 e. The Labute approximate surface area is 107 Å². The molecule has 1 atom stereocenters. The average Bonchev–Trinajstić information content (AvgIpc) is 2.68. The number of pyridine rings is 1. The summed E-state index contributed by atoms with van der Waals surface area (Å²) >= 11 is 3.28. The van der Waals surface area contributed by atoms with E-state index >= 15 is 0 Å². The molecule has 0 aliphatic carbocycles. The van der Waals surface area contributed by atoms with Crippen LogP contribution in [0.25, 0.3) is 0 Å². The van der Waals surface area contributed by atoms with Crippen LogP contribution < -0.4 is 5.32 Å². The van der Waals surface area contributed by atoms with E-state index < -0.39 is 4.92 Å². The van der Waals surface area contributed by atoms with E-state index in [2.05, 4.69) is 26.2 Å². The molecule has 1 N–H and O–H groups in total. The van der Waals surface area contributed by atoms with Gasteiger partial charge in [-0.25, -0.2) is 4.98 Å². The summed E-state index contributed by atoms with van der Waals surface area (Å²) in [5, 5.41) is 13.8. The zero-order valence-electron chi connectivity index (χ0n) is 9.27. The van der Waals surface area contributed by atoms with Gasteiger partial charge in [-0.15, -0.1) is 0 Å². The molecule has 0 amide bonds. The lowest BCUT2D eigenvalue weighted by molar-refractivity contribution is -0.385. The second kappa shape index (κ2) is 4.58. The van der Waals surface area contributed by atoms with Crippen LogP contribution in [0.15, 0.2) is 16.7 Å². The van der Waals surface area contributed by atoms with E-state index in [4.69, 9.17) is 4.74 Å². The number of halogens is 1. The molecule has 1 aromatic rings. The molecule has 1 saturated heterocycles. The normalized spacial score (nSPS) is 23.6. The highest BCUT2D eigenvalue weighted by molar-refractivity contribution is 9.10. The van der Waals surface area contributed by atoms with Crippen molar-refractivity contribution < 1.29 is 9.66 Å². The summed E-state index contributed by atoms with van der Waals surface area (Å²) < 4.78 is 5.90. The van der Waals surface area contributed by atoms with E-state index in [0.717, 1.165) is 6.42 Å². The van der Waals surface area contributed by atoms with Gasteiger partial charge < -0.3 is 10.1 Å². The quantitative estimate of drug-likeness (QED) is 0.685. The van der Waals surface area contributed by atoms with Gasteiger partial charge in [0.1, 0.15) is 12.0 Å². The fourth-order valence-electron chi connectivity index (χ4n) is 1.67. The van der Waals surface area contributed by atoms with Crippen LogP contribution in [-0.2, 0) is 4.74 Å². The van der Waals surface area contributed by atoms with Crippen LogP contribution in [-0.4, -0.2) is 28.7 Å². The van der Waals surface area contributed by atoms with E-state index in [1.54, 1.807) is 0 Å². The SMILES string of the molecule is CC1(Nc2ncc([N+](=O)[O-])cc2Br)CCOC1.